The predicted molar refractivity (Wildman–Crippen MR) is 111 cm³/mol. The first-order valence-corrected chi connectivity index (χ1v) is 11.6. The smallest absolute Gasteiger partial charge is 0.251 e. The van der Waals surface area contributed by atoms with E-state index in [1.54, 1.807) is 12.1 Å². The first-order valence-electron chi connectivity index (χ1n) is 9.87. The lowest BCUT2D eigenvalue weighted by Crippen LogP contribution is -2.46. The number of hydrogen-bond acceptors (Lipinski definition) is 6. The van der Waals surface area contributed by atoms with Crippen LogP contribution in [0.4, 0.5) is 5.95 Å². The molecule has 1 aromatic carbocycles. The summed E-state index contributed by atoms with van der Waals surface area (Å²) in [5.41, 5.74) is 4.49. The third-order valence-electron chi connectivity index (χ3n) is 5.57. The SMILES string of the molecule is C[C@H]1CCN1c1nc2c(c(-c3cccc(C(=O)NCCS(N)(=O)=O)c3)n1)CCC2. The van der Waals surface area contributed by atoms with E-state index in [0.29, 0.717) is 11.6 Å². The van der Waals surface area contributed by atoms with E-state index in [9.17, 15) is 13.2 Å². The number of primary sulfonamides is 1. The van der Waals surface area contributed by atoms with Crippen LogP contribution in [0.5, 0.6) is 0 Å². The standard InChI is InChI=1S/C20H25N5O3S/c1-13-8-10-25(13)20-23-17-7-3-6-16(17)18(24-20)14-4-2-5-15(12-14)19(26)22-9-11-29(21,27)28/h2,4-5,12-13H,3,6-11H2,1H3,(H,22,26)(H2,21,27,28)/t13-/m0/s1. The third-order valence-corrected chi connectivity index (χ3v) is 6.34. The number of fused-ring (bicyclic) bond motifs is 1. The molecule has 4 rings (SSSR count). The zero-order chi connectivity index (χ0) is 20.6. The Labute approximate surface area is 170 Å². The van der Waals surface area contributed by atoms with Crippen LogP contribution < -0.4 is 15.4 Å². The molecule has 3 N–H and O–H groups in total. The van der Waals surface area contributed by atoms with Crippen molar-refractivity contribution in [1.29, 1.82) is 0 Å². The summed E-state index contributed by atoms with van der Waals surface area (Å²) in [6.07, 6.45) is 4.09. The molecule has 9 heteroatoms. The molecule has 1 saturated heterocycles. The summed E-state index contributed by atoms with van der Waals surface area (Å²) in [4.78, 5) is 24.3. The number of rotatable bonds is 6. The fourth-order valence-electron chi connectivity index (χ4n) is 3.82. The number of nitrogens with one attached hydrogen (secondary N) is 1. The Balaban J connectivity index is 1.62. The molecule has 0 radical (unpaired) electrons. The van der Waals surface area contributed by atoms with Gasteiger partial charge in [-0.25, -0.2) is 23.5 Å². The normalized spacial score (nSPS) is 18.3. The van der Waals surface area contributed by atoms with Crippen LogP contribution in [0, 0.1) is 0 Å². The molecule has 1 aliphatic carbocycles. The number of hydrogen-bond donors (Lipinski definition) is 2. The Morgan fingerprint density at radius 3 is 2.83 bits per heavy atom. The number of sulfonamides is 1. The summed E-state index contributed by atoms with van der Waals surface area (Å²) in [6, 6.07) is 7.72. The number of aromatic nitrogens is 2. The second-order valence-electron chi connectivity index (χ2n) is 7.69. The molecule has 0 unspecified atom stereocenters. The quantitative estimate of drug-likeness (QED) is 0.733. The van der Waals surface area contributed by atoms with E-state index in [2.05, 4.69) is 17.1 Å². The van der Waals surface area contributed by atoms with Crippen LogP contribution in [-0.4, -0.2) is 49.2 Å². The number of nitrogens with zero attached hydrogens (tertiary/aromatic N) is 3. The van der Waals surface area contributed by atoms with Gasteiger partial charge in [-0.05, 0) is 44.7 Å². The molecule has 1 aliphatic heterocycles. The van der Waals surface area contributed by atoms with Gasteiger partial charge in [-0.15, -0.1) is 0 Å². The first-order chi connectivity index (χ1) is 13.8. The maximum absolute atomic E-state index is 12.4. The Morgan fingerprint density at radius 1 is 1.31 bits per heavy atom. The van der Waals surface area contributed by atoms with Crippen LogP contribution in [0.2, 0.25) is 0 Å². The zero-order valence-electron chi connectivity index (χ0n) is 16.4. The lowest BCUT2D eigenvalue weighted by Gasteiger charge is -2.39. The summed E-state index contributed by atoms with van der Waals surface area (Å²) in [5, 5.41) is 7.58. The number of nitrogens with two attached hydrogens (primary N) is 1. The molecular formula is C20H25N5O3S. The van der Waals surface area contributed by atoms with Crippen LogP contribution in [-0.2, 0) is 22.9 Å². The van der Waals surface area contributed by atoms with Gasteiger partial charge in [0.2, 0.25) is 16.0 Å². The van der Waals surface area contributed by atoms with Crippen molar-refractivity contribution in [3.63, 3.8) is 0 Å². The van der Waals surface area contributed by atoms with Crippen molar-refractivity contribution in [2.24, 2.45) is 5.14 Å². The van der Waals surface area contributed by atoms with Gasteiger partial charge in [0, 0.05) is 41.5 Å². The Hall–Kier alpha value is -2.52. The molecule has 2 aromatic rings. The topological polar surface area (TPSA) is 118 Å². The van der Waals surface area contributed by atoms with Crippen LogP contribution in [0.15, 0.2) is 24.3 Å². The highest BCUT2D eigenvalue weighted by atomic mass is 32.2. The van der Waals surface area contributed by atoms with E-state index in [1.165, 1.54) is 0 Å². The van der Waals surface area contributed by atoms with E-state index in [-0.39, 0.29) is 18.2 Å². The molecule has 29 heavy (non-hydrogen) atoms. The van der Waals surface area contributed by atoms with Gasteiger partial charge in [0.15, 0.2) is 0 Å². The summed E-state index contributed by atoms with van der Waals surface area (Å²) < 4.78 is 22.1. The lowest BCUT2D eigenvalue weighted by molar-refractivity contribution is 0.0956. The molecule has 1 fully saturated rings. The van der Waals surface area contributed by atoms with Crippen molar-refractivity contribution >= 4 is 21.9 Å². The minimum Gasteiger partial charge on any atom is -0.351 e. The zero-order valence-corrected chi connectivity index (χ0v) is 17.2. The predicted octanol–water partition coefficient (Wildman–Crippen LogP) is 1.25. The van der Waals surface area contributed by atoms with Gasteiger partial charge in [0.05, 0.1) is 11.4 Å². The highest BCUT2D eigenvalue weighted by Crippen LogP contribution is 2.34. The number of anilines is 1. The van der Waals surface area contributed by atoms with Crippen molar-refractivity contribution in [3.8, 4) is 11.3 Å². The van der Waals surface area contributed by atoms with Gasteiger partial charge >= 0.3 is 0 Å². The molecule has 2 aliphatic rings. The number of carbonyl (C=O) groups is 1. The molecule has 154 valence electrons. The summed E-state index contributed by atoms with van der Waals surface area (Å²) in [6.45, 7) is 3.11. The van der Waals surface area contributed by atoms with Gasteiger partial charge in [0.1, 0.15) is 0 Å². The fraction of sp³-hybridized carbons (Fsp3) is 0.450. The maximum atomic E-state index is 12.4. The van der Waals surface area contributed by atoms with Gasteiger partial charge in [0.25, 0.3) is 5.91 Å². The third kappa shape index (κ3) is 4.25. The minimum absolute atomic E-state index is 0.0260. The second kappa shape index (κ2) is 7.72. The van der Waals surface area contributed by atoms with Crippen LogP contribution in [0.25, 0.3) is 11.3 Å². The van der Waals surface area contributed by atoms with Crippen molar-refractivity contribution in [2.45, 2.75) is 38.6 Å². The van der Waals surface area contributed by atoms with E-state index in [0.717, 1.165) is 60.7 Å². The van der Waals surface area contributed by atoms with Gasteiger partial charge < -0.3 is 10.2 Å². The summed E-state index contributed by atoms with van der Waals surface area (Å²) in [5.74, 6) is 0.134. The van der Waals surface area contributed by atoms with Crippen molar-refractivity contribution in [2.75, 3.05) is 23.7 Å². The Morgan fingerprint density at radius 2 is 2.14 bits per heavy atom. The minimum atomic E-state index is -3.61. The monoisotopic (exact) mass is 415 g/mol. The van der Waals surface area contributed by atoms with Crippen LogP contribution in [0.1, 0.15) is 41.4 Å². The van der Waals surface area contributed by atoms with E-state index >= 15 is 0 Å². The fourth-order valence-corrected chi connectivity index (χ4v) is 4.20. The van der Waals surface area contributed by atoms with Crippen molar-refractivity contribution in [3.05, 3.63) is 41.1 Å². The van der Waals surface area contributed by atoms with Gasteiger partial charge in [-0.1, -0.05) is 12.1 Å². The highest BCUT2D eigenvalue weighted by Gasteiger charge is 2.29. The van der Waals surface area contributed by atoms with E-state index in [1.807, 2.05) is 12.1 Å². The Kier molecular flexibility index (Phi) is 5.26. The molecular weight excluding hydrogens is 390 g/mol. The van der Waals surface area contributed by atoms with Gasteiger partial charge in [-0.3, -0.25) is 4.79 Å². The lowest BCUT2D eigenvalue weighted by atomic mass is 10.0. The average molecular weight is 416 g/mol. The number of benzene rings is 1. The molecule has 0 spiro atoms. The highest BCUT2D eigenvalue weighted by molar-refractivity contribution is 7.89. The summed E-state index contributed by atoms with van der Waals surface area (Å²) in [7, 11) is -3.61. The van der Waals surface area contributed by atoms with Crippen LogP contribution in [0.3, 0.4) is 0 Å². The molecule has 1 aromatic heterocycles. The van der Waals surface area contributed by atoms with Crippen LogP contribution >= 0.6 is 0 Å². The summed E-state index contributed by atoms with van der Waals surface area (Å²) >= 11 is 0. The molecule has 0 bridgehead atoms. The average Bonchev–Trinajstić information content (AvgIpc) is 3.13. The van der Waals surface area contributed by atoms with Gasteiger partial charge in [-0.2, -0.15) is 0 Å². The second-order valence-corrected chi connectivity index (χ2v) is 9.42. The molecule has 2 heterocycles. The van der Waals surface area contributed by atoms with Crippen molar-refractivity contribution in [1.82, 2.24) is 15.3 Å². The van der Waals surface area contributed by atoms with E-state index in [4.69, 9.17) is 15.1 Å². The van der Waals surface area contributed by atoms with E-state index < -0.39 is 10.0 Å². The number of aryl methyl sites for hydroxylation is 1. The molecule has 8 nitrogen and oxygen atoms in total. The maximum Gasteiger partial charge on any atom is 0.251 e. The number of carbonyl (C=O) groups excluding carboxylic acids is 1. The Bertz CT molecular complexity index is 1050. The molecule has 0 saturated carbocycles. The van der Waals surface area contributed by atoms with Crippen molar-refractivity contribution < 1.29 is 13.2 Å². The largest absolute Gasteiger partial charge is 0.351 e. The number of amides is 1. The molecule has 1 amide bonds. The molecule has 1 atom stereocenters. The first kappa shape index (κ1) is 19.8.